The van der Waals surface area contributed by atoms with Gasteiger partial charge in [0.1, 0.15) is 5.82 Å². The number of halogens is 1. The number of carbonyl (C=O) groups excluding carboxylic acids is 2. The van der Waals surface area contributed by atoms with Crippen molar-refractivity contribution in [1.82, 2.24) is 5.32 Å². The molecular formula is C20H20FN3O3. The zero-order valence-corrected chi connectivity index (χ0v) is 14.8. The van der Waals surface area contributed by atoms with Crippen molar-refractivity contribution in [3.8, 4) is 5.75 Å². The van der Waals surface area contributed by atoms with Gasteiger partial charge in [-0.15, -0.1) is 0 Å². The molecule has 140 valence electrons. The summed E-state index contributed by atoms with van der Waals surface area (Å²) in [7, 11) is 0. The van der Waals surface area contributed by atoms with E-state index in [9.17, 15) is 14.0 Å². The van der Waals surface area contributed by atoms with Crippen molar-refractivity contribution < 1.29 is 18.7 Å². The summed E-state index contributed by atoms with van der Waals surface area (Å²) in [5.74, 6) is -0.638. The number of fused-ring (bicyclic) bond motifs is 1. The van der Waals surface area contributed by atoms with E-state index in [4.69, 9.17) is 4.74 Å². The summed E-state index contributed by atoms with van der Waals surface area (Å²) in [5.41, 5.74) is 2.08. The van der Waals surface area contributed by atoms with E-state index in [2.05, 4.69) is 15.5 Å². The summed E-state index contributed by atoms with van der Waals surface area (Å²) in [6, 6.07) is 9.95. The molecule has 0 aliphatic carbocycles. The molecule has 0 unspecified atom stereocenters. The number of rotatable bonds is 4. The van der Waals surface area contributed by atoms with Crippen LogP contribution in [0, 0.1) is 5.82 Å². The molecule has 2 aromatic rings. The molecule has 0 saturated carbocycles. The minimum Gasteiger partial charge on any atom is -0.481 e. The third-order valence-corrected chi connectivity index (χ3v) is 4.85. The largest absolute Gasteiger partial charge is 0.481 e. The quantitative estimate of drug-likeness (QED) is 0.869. The SMILES string of the molecule is O=C1COc2c(cccc2C(=O)NCc2c(F)cccc2N2CCCC2)N1. The molecule has 0 aromatic heterocycles. The van der Waals surface area contributed by atoms with Crippen LogP contribution >= 0.6 is 0 Å². The van der Waals surface area contributed by atoms with Gasteiger partial charge in [-0.05, 0) is 37.1 Å². The number of nitrogens with one attached hydrogen (secondary N) is 2. The molecule has 4 rings (SSSR count). The smallest absolute Gasteiger partial charge is 0.262 e. The summed E-state index contributed by atoms with van der Waals surface area (Å²) >= 11 is 0. The summed E-state index contributed by atoms with van der Waals surface area (Å²) in [6.07, 6.45) is 2.17. The highest BCUT2D eigenvalue weighted by Crippen LogP contribution is 2.32. The third-order valence-electron chi connectivity index (χ3n) is 4.85. The Bertz CT molecular complexity index is 894. The van der Waals surface area contributed by atoms with Crippen molar-refractivity contribution in [1.29, 1.82) is 0 Å². The molecule has 2 amide bonds. The van der Waals surface area contributed by atoms with E-state index in [0.29, 0.717) is 22.6 Å². The van der Waals surface area contributed by atoms with Crippen LogP contribution < -0.4 is 20.3 Å². The number of ether oxygens (including phenoxy) is 1. The van der Waals surface area contributed by atoms with Crippen molar-refractivity contribution in [3.63, 3.8) is 0 Å². The maximum absolute atomic E-state index is 14.4. The van der Waals surface area contributed by atoms with Gasteiger partial charge < -0.3 is 20.3 Å². The lowest BCUT2D eigenvalue weighted by Crippen LogP contribution is -2.30. The fourth-order valence-electron chi connectivity index (χ4n) is 3.53. The first-order valence-electron chi connectivity index (χ1n) is 8.99. The van der Waals surface area contributed by atoms with Crippen molar-refractivity contribution in [3.05, 3.63) is 53.3 Å². The van der Waals surface area contributed by atoms with Crippen molar-refractivity contribution in [2.75, 3.05) is 29.9 Å². The molecule has 27 heavy (non-hydrogen) atoms. The second-order valence-corrected chi connectivity index (χ2v) is 6.63. The van der Waals surface area contributed by atoms with E-state index in [1.807, 2.05) is 6.07 Å². The first-order valence-corrected chi connectivity index (χ1v) is 8.99. The summed E-state index contributed by atoms with van der Waals surface area (Å²) < 4.78 is 19.8. The minimum atomic E-state index is -0.376. The Labute approximate surface area is 156 Å². The van der Waals surface area contributed by atoms with Gasteiger partial charge in [0.2, 0.25) is 0 Å². The lowest BCUT2D eigenvalue weighted by Gasteiger charge is -2.23. The molecule has 0 bridgehead atoms. The number of hydrogen-bond donors (Lipinski definition) is 2. The summed E-state index contributed by atoms with van der Waals surface area (Å²) in [4.78, 5) is 26.3. The summed E-state index contributed by atoms with van der Waals surface area (Å²) in [5, 5.41) is 5.46. The van der Waals surface area contributed by atoms with Crippen LogP contribution in [-0.4, -0.2) is 31.5 Å². The Morgan fingerprint density at radius 3 is 2.78 bits per heavy atom. The lowest BCUT2D eigenvalue weighted by molar-refractivity contribution is -0.118. The maximum atomic E-state index is 14.4. The Hall–Kier alpha value is -3.09. The molecule has 0 radical (unpaired) electrons. The zero-order valence-electron chi connectivity index (χ0n) is 14.8. The van der Waals surface area contributed by atoms with Crippen molar-refractivity contribution >= 4 is 23.2 Å². The molecule has 1 saturated heterocycles. The molecule has 1 fully saturated rings. The van der Waals surface area contributed by atoms with E-state index in [-0.39, 0.29) is 30.8 Å². The normalized spacial score (nSPS) is 15.7. The van der Waals surface area contributed by atoms with Gasteiger partial charge in [-0.2, -0.15) is 0 Å². The van der Waals surface area contributed by atoms with Crippen LogP contribution in [0.2, 0.25) is 0 Å². The number of nitrogens with zero attached hydrogens (tertiary/aromatic N) is 1. The van der Waals surface area contributed by atoms with Gasteiger partial charge >= 0.3 is 0 Å². The third kappa shape index (κ3) is 3.45. The molecule has 2 aliphatic rings. The highest BCUT2D eigenvalue weighted by atomic mass is 19.1. The Kier molecular flexibility index (Phi) is 4.66. The van der Waals surface area contributed by atoms with Crippen LogP contribution in [0.25, 0.3) is 0 Å². The molecule has 0 spiro atoms. The number of amides is 2. The number of carbonyl (C=O) groups is 2. The van der Waals surface area contributed by atoms with Gasteiger partial charge in [0.25, 0.3) is 11.8 Å². The van der Waals surface area contributed by atoms with Gasteiger partial charge in [-0.25, -0.2) is 4.39 Å². The Balaban J connectivity index is 1.54. The Morgan fingerprint density at radius 1 is 1.19 bits per heavy atom. The number of anilines is 2. The van der Waals surface area contributed by atoms with E-state index in [1.165, 1.54) is 6.07 Å². The van der Waals surface area contributed by atoms with Gasteiger partial charge in [-0.3, -0.25) is 9.59 Å². The highest BCUT2D eigenvalue weighted by molar-refractivity contribution is 6.03. The molecule has 2 N–H and O–H groups in total. The molecular weight excluding hydrogens is 349 g/mol. The molecule has 2 heterocycles. The van der Waals surface area contributed by atoms with Crippen LogP contribution in [0.1, 0.15) is 28.8 Å². The van der Waals surface area contributed by atoms with Crippen LogP contribution in [0.5, 0.6) is 5.75 Å². The van der Waals surface area contributed by atoms with E-state index in [0.717, 1.165) is 31.6 Å². The zero-order chi connectivity index (χ0) is 18.8. The second kappa shape index (κ2) is 7.26. The van der Waals surface area contributed by atoms with E-state index in [1.54, 1.807) is 24.3 Å². The summed E-state index contributed by atoms with van der Waals surface area (Å²) in [6.45, 7) is 1.73. The first-order chi connectivity index (χ1) is 13.1. The molecule has 2 aliphatic heterocycles. The predicted octanol–water partition coefficient (Wildman–Crippen LogP) is 2.69. The molecule has 6 nitrogen and oxygen atoms in total. The van der Waals surface area contributed by atoms with Crippen molar-refractivity contribution in [2.45, 2.75) is 19.4 Å². The average molecular weight is 369 g/mol. The van der Waals surface area contributed by atoms with E-state index >= 15 is 0 Å². The molecule has 2 aromatic carbocycles. The van der Waals surface area contributed by atoms with Gasteiger partial charge in [0.05, 0.1) is 11.3 Å². The molecule has 7 heteroatoms. The number of para-hydroxylation sites is 1. The van der Waals surface area contributed by atoms with E-state index < -0.39 is 0 Å². The first kappa shape index (κ1) is 17.3. The average Bonchev–Trinajstić information content (AvgIpc) is 3.20. The number of benzene rings is 2. The minimum absolute atomic E-state index is 0.0768. The molecule has 0 atom stereocenters. The van der Waals surface area contributed by atoms with Crippen molar-refractivity contribution in [2.24, 2.45) is 0 Å². The Morgan fingerprint density at radius 2 is 1.96 bits per heavy atom. The van der Waals surface area contributed by atoms with Crippen LogP contribution in [0.4, 0.5) is 15.8 Å². The van der Waals surface area contributed by atoms with Crippen LogP contribution in [0.15, 0.2) is 36.4 Å². The predicted molar refractivity (Wildman–Crippen MR) is 99.6 cm³/mol. The van der Waals surface area contributed by atoms with Gasteiger partial charge in [-0.1, -0.05) is 12.1 Å². The highest BCUT2D eigenvalue weighted by Gasteiger charge is 2.23. The standard InChI is InChI=1S/C20H20FN3O3/c21-15-6-4-8-17(24-9-1-2-10-24)14(15)11-22-20(26)13-5-3-7-16-19(13)27-12-18(25)23-16/h3-8H,1-2,9-12H2,(H,22,26)(H,23,25). The topological polar surface area (TPSA) is 70.7 Å². The monoisotopic (exact) mass is 369 g/mol. The maximum Gasteiger partial charge on any atom is 0.262 e. The number of hydrogen-bond acceptors (Lipinski definition) is 4. The van der Waals surface area contributed by atoms with Gasteiger partial charge in [0, 0.05) is 30.9 Å². The lowest BCUT2D eigenvalue weighted by atomic mass is 10.1. The van der Waals surface area contributed by atoms with Crippen LogP contribution in [0.3, 0.4) is 0 Å². The van der Waals surface area contributed by atoms with Crippen LogP contribution in [-0.2, 0) is 11.3 Å². The second-order valence-electron chi connectivity index (χ2n) is 6.63. The fourth-order valence-corrected chi connectivity index (χ4v) is 3.53. The van der Waals surface area contributed by atoms with Gasteiger partial charge in [0.15, 0.2) is 12.4 Å². The fraction of sp³-hybridized carbons (Fsp3) is 0.300.